The largest absolute Gasteiger partial charge is 0.481 e. The van der Waals surface area contributed by atoms with Gasteiger partial charge in [0.1, 0.15) is 11.5 Å². The summed E-state index contributed by atoms with van der Waals surface area (Å²) >= 11 is 0. The van der Waals surface area contributed by atoms with Gasteiger partial charge < -0.3 is 15.2 Å². The van der Waals surface area contributed by atoms with Gasteiger partial charge in [-0.25, -0.2) is 8.42 Å². The second-order valence-electron chi connectivity index (χ2n) is 6.02. The Hall–Kier alpha value is -2.87. The van der Waals surface area contributed by atoms with E-state index < -0.39 is 15.8 Å². The number of anilines is 1. The van der Waals surface area contributed by atoms with Crippen LogP contribution in [0, 0.1) is 0 Å². The molecule has 0 saturated carbocycles. The summed E-state index contributed by atoms with van der Waals surface area (Å²) in [6, 6.07) is 12.8. The van der Waals surface area contributed by atoms with Crippen LogP contribution in [0.25, 0.3) is 0 Å². The number of rotatable bonds is 9. The molecule has 0 saturated heterocycles. The maximum Gasteiger partial charge on any atom is 0.303 e. The number of amides is 1. The molecule has 2 N–H and O–H groups in total. The predicted molar refractivity (Wildman–Crippen MR) is 101 cm³/mol. The summed E-state index contributed by atoms with van der Waals surface area (Å²) in [7, 11) is -3.25. The van der Waals surface area contributed by atoms with Crippen molar-refractivity contribution in [3.8, 4) is 11.5 Å². The lowest BCUT2D eigenvalue weighted by molar-refractivity contribution is -0.137. The molecule has 0 aliphatic rings. The minimum absolute atomic E-state index is 0.0600. The van der Waals surface area contributed by atoms with Crippen molar-refractivity contribution in [2.75, 3.05) is 11.6 Å². The highest BCUT2D eigenvalue weighted by Gasteiger charge is 2.07. The molecule has 2 rings (SSSR count). The van der Waals surface area contributed by atoms with Crippen LogP contribution in [-0.2, 0) is 19.4 Å². The highest BCUT2D eigenvalue weighted by Crippen LogP contribution is 2.24. The zero-order valence-corrected chi connectivity index (χ0v) is 15.7. The molecule has 1 amide bonds. The number of sulfone groups is 1. The number of hydrogen-bond acceptors (Lipinski definition) is 5. The van der Waals surface area contributed by atoms with E-state index in [-0.39, 0.29) is 23.6 Å². The van der Waals surface area contributed by atoms with Crippen molar-refractivity contribution in [1.29, 1.82) is 0 Å². The van der Waals surface area contributed by atoms with Gasteiger partial charge in [-0.2, -0.15) is 0 Å². The molecule has 0 spiro atoms. The molecule has 0 fully saturated rings. The molecule has 0 unspecified atom stereocenters. The highest BCUT2D eigenvalue weighted by atomic mass is 32.2. The lowest BCUT2D eigenvalue weighted by atomic mass is 10.2. The Bertz CT molecular complexity index is 889. The molecule has 144 valence electrons. The van der Waals surface area contributed by atoms with E-state index in [1.165, 1.54) is 12.1 Å². The number of aliphatic carboxylic acids is 1. The lowest BCUT2D eigenvalue weighted by Gasteiger charge is -2.08. The molecule has 27 heavy (non-hydrogen) atoms. The van der Waals surface area contributed by atoms with E-state index in [2.05, 4.69) is 5.32 Å². The van der Waals surface area contributed by atoms with Gasteiger partial charge in [0, 0.05) is 24.8 Å². The second-order valence-corrected chi connectivity index (χ2v) is 8.03. The SMILES string of the molecule is CS(=O)(=O)c1ccc(Oc2ccc(NC(=O)CCCCC(=O)O)cc2)cc1. The van der Waals surface area contributed by atoms with Crippen molar-refractivity contribution in [3.05, 3.63) is 48.5 Å². The maximum absolute atomic E-state index is 11.8. The predicted octanol–water partition coefficient (Wildman–Crippen LogP) is 3.47. The van der Waals surface area contributed by atoms with Crippen molar-refractivity contribution < 1.29 is 27.9 Å². The summed E-state index contributed by atoms with van der Waals surface area (Å²) in [5, 5.41) is 11.3. The Morgan fingerprint density at radius 2 is 1.44 bits per heavy atom. The summed E-state index contributed by atoms with van der Waals surface area (Å²) in [4.78, 5) is 22.4. The Balaban J connectivity index is 1.86. The van der Waals surface area contributed by atoms with Crippen molar-refractivity contribution >= 4 is 27.4 Å². The van der Waals surface area contributed by atoms with Crippen LogP contribution in [0.1, 0.15) is 25.7 Å². The van der Waals surface area contributed by atoms with Crippen molar-refractivity contribution in [1.82, 2.24) is 0 Å². The number of nitrogens with one attached hydrogen (secondary N) is 1. The van der Waals surface area contributed by atoms with Gasteiger partial charge in [-0.3, -0.25) is 9.59 Å². The molecular weight excluding hydrogens is 370 g/mol. The Labute approximate surface area is 157 Å². The smallest absolute Gasteiger partial charge is 0.303 e. The third-order valence-corrected chi connectivity index (χ3v) is 4.80. The van der Waals surface area contributed by atoms with Crippen LogP contribution in [0.5, 0.6) is 11.5 Å². The molecule has 0 aliphatic heterocycles. The second kappa shape index (κ2) is 9.18. The first-order valence-electron chi connectivity index (χ1n) is 8.34. The number of unbranched alkanes of at least 4 members (excludes halogenated alkanes) is 1. The quantitative estimate of drug-likeness (QED) is 0.634. The molecule has 7 nitrogen and oxygen atoms in total. The number of hydrogen-bond donors (Lipinski definition) is 2. The Morgan fingerprint density at radius 3 is 1.96 bits per heavy atom. The number of carboxylic acids is 1. The monoisotopic (exact) mass is 391 g/mol. The standard InChI is InChI=1S/C19H21NO6S/c1-27(24,25)17-12-10-16(11-13-17)26-15-8-6-14(7-9-15)20-18(21)4-2-3-5-19(22)23/h6-13H,2-5H2,1H3,(H,20,21)(H,22,23). The van der Waals surface area contributed by atoms with Crippen molar-refractivity contribution in [3.63, 3.8) is 0 Å². The molecule has 0 atom stereocenters. The van der Waals surface area contributed by atoms with Gasteiger partial charge in [-0.05, 0) is 61.4 Å². The zero-order chi connectivity index (χ0) is 19.9. The average Bonchev–Trinajstić information content (AvgIpc) is 2.60. The van der Waals surface area contributed by atoms with Crippen LogP contribution >= 0.6 is 0 Å². The first kappa shape index (κ1) is 20.4. The van der Waals surface area contributed by atoms with E-state index in [0.717, 1.165) is 6.26 Å². The van der Waals surface area contributed by atoms with E-state index >= 15 is 0 Å². The molecule has 0 heterocycles. The van der Waals surface area contributed by atoms with Crippen LogP contribution in [0.3, 0.4) is 0 Å². The van der Waals surface area contributed by atoms with Crippen LogP contribution in [0.15, 0.2) is 53.4 Å². The van der Waals surface area contributed by atoms with E-state index in [1.54, 1.807) is 36.4 Å². The van der Waals surface area contributed by atoms with Crippen LogP contribution in [-0.4, -0.2) is 31.7 Å². The van der Waals surface area contributed by atoms with Gasteiger partial charge in [0.15, 0.2) is 9.84 Å². The molecule has 0 radical (unpaired) electrons. The lowest BCUT2D eigenvalue weighted by Crippen LogP contribution is -2.11. The molecular formula is C19H21NO6S. The number of carbonyl (C=O) groups is 2. The summed E-state index contributed by atoms with van der Waals surface area (Å²) < 4.78 is 28.5. The van der Waals surface area contributed by atoms with E-state index in [4.69, 9.17) is 9.84 Å². The molecule has 2 aromatic carbocycles. The molecule has 8 heteroatoms. The van der Waals surface area contributed by atoms with Crippen LogP contribution < -0.4 is 10.1 Å². The highest BCUT2D eigenvalue weighted by molar-refractivity contribution is 7.90. The summed E-state index contributed by atoms with van der Waals surface area (Å²) in [5.74, 6) is 0.00144. The van der Waals surface area contributed by atoms with Crippen molar-refractivity contribution in [2.24, 2.45) is 0 Å². The first-order valence-corrected chi connectivity index (χ1v) is 10.2. The number of carboxylic acid groups (broad SMARTS) is 1. The van der Waals surface area contributed by atoms with Gasteiger partial charge in [0.25, 0.3) is 0 Å². The summed E-state index contributed by atoms with van der Waals surface area (Å²) in [6.45, 7) is 0. The molecule has 2 aromatic rings. The van der Waals surface area contributed by atoms with Crippen LogP contribution in [0.4, 0.5) is 5.69 Å². The fraction of sp³-hybridized carbons (Fsp3) is 0.263. The van der Waals surface area contributed by atoms with Crippen molar-refractivity contribution in [2.45, 2.75) is 30.6 Å². The number of ether oxygens (including phenoxy) is 1. The molecule has 0 aromatic heterocycles. The maximum atomic E-state index is 11.8. The molecule has 0 aliphatic carbocycles. The van der Waals surface area contributed by atoms with Gasteiger partial charge in [0.05, 0.1) is 4.90 Å². The summed E-state index contributed by atoms with van der Waals surface area (Å²) in [5.41, 5.74) is 0.609. The van der Waals surface area contributed by atoms with E-state index in [1.807, 2.05) is 0 Å². The van der Waals surface area contributed by atoms with Gasteiger partial charge in [-0.15, -0.1) is 0 Å². The van der Waals surface area contributed by atoms with E-state index in [0.29, 0.717) is 30.0 Å². The minimum atomic E-state index is -3.25. The minimum Gasteiger partial charge on any atom is -0.481 e. The normalized spacial score (nSPS) is 11.0. The fourth-order valence-electron chi connectivity index (χ4n) is 2.28. The Kier molecular flexibility index (Phi) is 6.95. The van der Waals surface area contributed by atoms with E-state index in [9.17, 15) is 18.0 Å². The van der Waals surface area contributed by atoms with Gasteiger partial charge in [0.2, 0.25) is 5.91 Å². The first-order chi connectivity index (χ1) is 12.7. The molecule has 0 bridgehead atoms. The number of carbonyl (C=O) groups excluding carboxylic acids is 1. The Morgan fingerprint density at radius 1 is 0.926 bits per heavy atom. The van der Waals surface area contributed by atoms with Gasteiger partial charge >= 0.3 is 5.97 Å². The van der Waals surface area contributed by atoms with Crippen LogP contribution in [0.2, 0.25) is 0 Å². The zero-order valence-electron chi connectivity index (χ0n) is 14.8. The third-order valence-electron chi connectivity index (χ3n) is 3.67. The third kappa shape index (κ3) is 7.10. The van der Waals surface area contributed by atoms with Gasteiger partial charge in [-0.1, -0.05) is 0 Å². The average molecular weight is 391 g/mol. The fourth-order valence-corrected chi connectivity index (χ4v) is 2.91. The topological polar surface area (TPSA) is 110 Å². The number of benzene rings is 2. The summed E-state index contributed by atoms with van der Waals surface area (Å²) in [6.07, 6.45) is 2.45.